The SMILES string of the molecule is CN1CCN(Cc2c(O)ccc3[nH]c(-c4[nH]ncc4NC(=O)c4c(F)cccc4F)nc23)CC1. The number of benzene rings is 2. The summed E-state index contributed by atoms with van der Waals surface area (Å²) in [7, 11) is 2.08. The van der Waals surface area contributed by atoms with Gasteiger partial charge in [0.2, 0.25) is 0 Å². The van der Waals surface area contributed by atoms with E-state index in [1.165, 1.54) is 12.3 Å². The van der Waals surface area contributed by atoms with E-state index in [9.17, 15) is 18.7 Å². The zero-order valence-electron chi connectivity index (χ0n) is 18.4. The lowest BCUT2D eigenvalue weighted by molar-refractivity contribution is 0.101. The maximum atomic E-state index is 14.0. The lowest BCUT2D eigenvalue weighted by atomic mass is 10.1. The molecule has 0 spiro atoms. The Hall–Kier alpha value is -3.83. The number of phenolic OH excluding ortho intramolecular Hbond substituents is 1. The number of imidazole rings is 1. The van der Waals surface area contributed by atoms with Crippen molar-refractivity contribution in [3.05, 3.63) is 59.3 Å². The van der Waals surface area contributed by atoms with E-state index in [0.717, 1.165) is 38.3 Å². The molecule has 1 aliphatic rings. The molecule has 0 aliphatic carbocycles. The molecule has 3 heterocycles. The fourth-order valence-corrected chi connectivity index (χ4v) is 4.09. The summed E-state index contributed by atoms with van der Waals surface area (Å²) < 4.78 is 28.0. The second-order valence-electron chi connectivity index (χ2n) is 8.33. The number of fused-ring (bicyclic) bond motifs is 1. The number of aromatic nitrogens is 4. The first-order chi connectivity index (χ1) is 16.4. The van der Waals surface area contributed by atoms with Crippen LogP contribution in [-0.2, 0) is 6.54 Å². The molecular formula is C23H23F2N7O2. The van der Waals surface area contributed by atoms with E-state index in [1.807, 2.05) is 0 Å². The van der Waals surface area contributed by atoms with E-state index in [-0.39, 0.29) is 11.4 Å². The van der Waals surface area contributed by atoms with Crippen LogP contribution < -0.4 is 5.32 Å². The van der Waals surface area contributed by atoms with Crippen molar-refractivity contribution in [3.8, 4) is 17.3 Å². The zero-order valence-corrected chi connectivity index (χ0v) is 18.4. The fourth-order valence-electron chi connectivity index (χ4n) is 4.09. The Bertz CT molecular complexity index is 1340. The van der Waals surface area contributed by atoms with Crippen LogP contribution in [0.2, 0.25) is 0 Å². The van der Waals surface area contributed by atoms with Crippen LogP contribution in [0.25, 0.3) is 22.6 Å². The van der Waals surface area contributed by atoms with Gasteiger partial charge in [0.25, 0.3) is 5.91 Å². The summed E-state index contributed by atoms with van der Waals surface area (Å²) in [6.45, 7) is 4.20. The minimum absolute atomic E-state index is 0.151. The maximum Gasteiger partial charge on any atom is 0.261 e. The molecule has 0 bridgehead atoms. The van der Waals surface area contributed by atoms with Crippen molar-refractivity contribution in [2.45, 2.75) is 6.54 Å². The predicted molar refractivity (Wildman–Crippen MR) is 122 cm³/mol. The highest BCUT2D eigenvalue weighted by Gasteiger charge is 2.22. The highest BCUT2D eigenvalue weighted by atomic mass is 19.1. The number of halogens is 2. The van der Waals surface area contributed by atoms with Crippen LogP contribution >= 0.6 is 0 Å². The van der Waals surface area contributed by atoms with Crippen molar-refractivity contribution in [2.24, 2.45) is 0 Å². The number of rotatable bonds is 5. The predicted octanol–water partition coefficient (Wildman–Crippen LogP) is 2.94. The first kappa shape index (κ1) is 22.0. The molecule has 11 heteroatoms. The summed E-state index contributed by atoms with van der Waals surface area (Å²) in [4.78, 5) is 24.9. The van der Waals surface area contributed by atoms with Gasteiger partial charge >= 0.3 is 0 Å². The van der Waals surface area contributed by atoms with Gasteiger partial charge in [-0.05, 0) is 31.3 Å². The molecule has 4 aromatic rings. The smallest absolute Gasteiger partial charge is 0.261 e. The lowest BCUT2D eigenvalue weighted by Gasteiger charge is -2.32. The maximum absolute atomic E-state index is 14.0. The van der Waals surface area contributed by atoms with Gasteiger partial charge < -0.3 is 20.3 Å². The molecule has 5 rings (SSSR count). The number of piperazine rings is 1. The van der Waals surface area contributed by atoms with Crippen molar-refractivity contribution >= 4 is 22.6 Å². The molecule has 1 aliphatic heterocycles. The Morgan fingerprint density at radius 2 is 1.88 bits per heavy atom. The van der Waals surface area contributed by atoms with Crippen LogP contribution in [0.1, 0.15) is 15.9 Å². The molecule has 9 nitrogen and oxygen atoms in total. The Morgan fingerprint density at radius 1 is 1.15 bits per heavy atom. The molecule has 0 radical (unpaired) electrons. The molecule has 4 N–H and O–H groups in total. The molecule has 0 unspecified atom stereocenters. The van der Waals surface area contributed by atoms with E-state index < -0.39 is 23.1 Å². The van der Waals surface area contributed by atoms with Crippen molar-refractivity contribution in [3.63, 3.8) is 0 Å². The van der Waals surface area contributed by atoms with Gasteiger partial charge in [0.15, 0.2) is 5.82 Å². The number of phenols is 1. The van der Waals surface area contributed by atoms with E-state index in [2.05, 4.69) is 42.3 Å². The number of H-pyrrole nitrogens is 2. The number of aromatic amines is 2. The summed E-state index contributed by atoms with van der Waals surface area (Å²) in [5, 5.41) is 19.8. The number of nitrogens with one attached hydrogen (secondary N) is 3. The van der Waals surface area contributed by atoms with E-state index in [0.29, 0.717) is 34.7 Å². The van der Waals surface area contributed by atoms with Crippen molar-refractivity contribution < 1.29 is 18.7 Å². The standard InChI is InChI=1S/C23H23F2N7O2/c1-31-7-9-32(10-8-31)12-13-18(33)6-5-16-20(13)29-22(27-16)21-17(11-26-30-21)28-23(34)19-14(24)3-2-4-15(19)25/h2-6,11,33H,7-10,12H2,1H3,(H,26,30)(H,27,29)(H,28,34). The average molecular weight is 467 g/mol. The molecule has 0 saturated carbocycles. The van der Waals surface area contributed by atoms with Gasteiger partial charge in [0, 0.05) is 38.3 Å². The van der Waals surface area contributed by atoms with Gasteiger partial charge in [-0.25, -0.2) is 13.8 Å². The second-order valence-corrected chi connectivity index (χ2v) is 8.33. The van der Waals surface area contributed by atoms with Gasteiger partial charge in [-0.3, -0.25) is 14.8 Å². The number of carbonyl (C=O) groups is 1. The summed E-state index contributed by atoms with van der Waals surface area (Å²) in [6.07, 6.45) is 1.34. The van der Waals surface area contributed by atoms with Crippen LogP contribution in [0.4, 0.5) is 14.5 Å². The number of carbonyl (C=O) groups excluding carboxylic acids is 1. The first-order valence-corrected chi connectivity index (χ1v) is 10.8. The Balaban J connectivity index is 1.45. The van der Waals surface area contributed by atoms with E-state index in [1.54, 1.807) is 12.1 Å². The highest BCUT2D eigenvalue weighted by molar-refractivity contribution is 6.06. The van der Waals surface area contributed by atoms with Crippen LogP contribution in [0.3, 0.4) is 0 Å². The summed E-state index contributed by atoms with van der Waals surface area (Å²) in [6, 6.07) is 6.56. The van der Waals surface area contributed by atoms with Crippen LogP contribution in [0.15, 0.2) is 36.5 Å². The minimum Gasteiger partial charge on any atom is -0.508 e. The molecule has 1 fully saturated rings. The Kier molecular flexibility index (Phi) is 5.72. The normalized spacial score (nSPS) is 15.1. The molecule has 1 saturated heterocycles. The van der Waals surface area contributed by atoms with Gasteiger partial charge in [-0.15, -0.1) is 0 Å². The number of amides is 1. The second kappa shape index (κ2) is 8.84. The van der Waals surface area contributed by atoms with Crippen LogP contribution in [0.5, 0.6) is 5.75 Å². The van der Waals surface area contributed by atoms with Crippen molar-refractivity contribution in [1.82, 2.24) is 30.0 Å². The molecule has 34 heavy (non-hydrogen) atoms. The summed E-state index contributed by atoms with van der Waals surface area (Å²) in [5.74, 6) is -2.35. The average Bonchev–Trinajstić information content (AvgIpc) is 3.44. The quantitative estimate of drug-likeness (QED) is 0.359. The number of aromatic hydroxyl groups is 1. The Morgan fingerprint density at radius 3 is 2.62 bits per heavy atom. The lowest BCUT2D eigenvalue weighted by Crippen LogP contribution is -2.43. The Labute approximate surface area is 193 Å². The molecule has 176 valence electrons. The number of anilines is 1. The van der Waals surface area contributed by atoms with Crippen LogP contribution in [-0.4, -0.2) is 74.2 Å². The van der Waals surface area contributed by atoms with Gasteiger partial charge in [-0.2, -0.15) is 5.10 Å². The number of nitrogens with zero attached hydrogens (tertiary/aromatic N) is 4. The highest BCUT2D eigenvalue weighted by Crippen LogP contribution is 2.31. The van der Waals surface area contributed by atoms with E-state index >= 15 is 0 Å². The zero-order chi connectivity index (χ0) is 23.8. The topological polar surface area (TPSA) is 113 Å². The monoisotopic (exact) mass is 467 g/mol. The third-order valence-corrected chi connectivity index (χ3v) is 6.03. The molecule has 2 aromatic heterocycles. The molecule has 0 atom stereocenters. The third kappa shape index (κ3) is 4.11. The molecular weight excluding hydrogens is 444 g/mol. The van der Waals surface area contributed by atoms with Gasteiger partial charge in [0.05, 0.1) is 22.9 Å². The summed E-state index contributed by atoms with van der Waals surface area (Å²) >= 11 is 0. The number of likely N-dealkylation sites (N-methyl/N-ethyl adjacent to an activating group) is 1. The van der Waals surface area contributed by atoms with Gasteiger partial charge in [-0.1, -0.05) is 6.07 Å². The molecule has 1 amide bonds. The van der Waals surface area contributed by atoms with Crippen molar-refractivity contribution in [1.29, 1.82) is 0 Å². The largest absolute Gasteiger partial charge is 0.508 e. The number of hydrogen-bond donors (Lipinski definition) is 4. The van der Waals surface area contributed by atoms with Gasteiger partial charge in [0.1, 0.15) is 28.6 Å². The van der Waals surface area contributed by atoms with E-state index in [4.69, 9.17) is 0 Å². The summed E-state index contributed by atoms with van der Waals surface area (Å²) in [5.41, 5.74) is 1.86. The fraction of sp³-hybridized carbons (Fsp3) is 0.261. The number of hydrogen-bond acceptors (Lipinski definition) is 6. The van der Waals surface area contributed by atoms with Crippen molar-refractivity contribution in [2.75, 3.05) is 38.5 Å². The van der Waals surface area contributed by atoms with Crippen LogP contribution in [0, 0.1) is 11.6 Å². The molecule has 2 aromatic carbocycles. The third-order valence-electron chi connectivity index (χ3n) is 6.03. The first-order valence-electron chi connectivity index (χ1n) is 10.8. The minimum atomic E-state index is -0.963.